The molecular weight excluding hydrogens is 194 g/mol. The van der Waals surface area contributed by atoms with Gasteiger partial charge in [-0.3, -0.25) is 4.90 Å². The van der Waals surface area contributed by atoms with Gasteiger partial charge in [0.25, 0.3) is 0 Å². The van der Waals surface area contributed by atoms with E-state index >= 15 is 0 Å². The molecule has 15 heavy (non-hydrogen) atoms. The van der Waals surface area contributed by atoms with Crippen molar-refractivity contribution in [1.29, 1.82) is 0 Å². The molecule has 0 aromatic carbocycles. The number of likely N-dealkylation sites (tertiary alicyclic amines) is 1. The Bertz CT molecular complexity index is 220. The SMILES string of the molecule is CC=CCN1CCC(OCC(=O)O)CC1. The molecule has 0 atom stereocenters. The van der Waals surface area contributed by atoms with E-state index in [1.165, 1.54) is 0 Å². The molecule has 1 heterocycles. The Kier molecular flexibility index (Phi) is 5.36. The molecule has 1 aliphatic rings. The molecule has 1 fully saturated rings. The first kappa shape index (κ1) is 12.2. The first-order valence-corrected chi connectivity index (χ1v) is 5.39. The molecule has 1 N–H and O–H groups in total. The van der Waals surface area contributed by atoms with Crippen LogP contribution in [0, 0.1) is 0 Å². The van der Waals surface area contributed by atoms with Gasteiger partial charge < -0.3 is 9.84 Å². The van der Waals surface area contributed by atoms with Crippen molar-refractivity contribution in [2.45, 2.75) is 25.9 Å². The molecule has 4 nitrogen and oxygen atoms in total. The minimum Gasteiger partial charge on any atom is -0.480 e. The Morgan fingerprint density at radius 1 is 1.53 bits per heavy atom. The third kappa shape index (κ3) is 4.95. The molecule has 0 spiro atoms. The average molecular weight is 213 g/mol. The molecule has 86 valence electrons. The maximum Gasteiger partial charge on any atom is 0.329 e. The van der Waals surface area contributed by atoms with Crippen LogP contribution in [0.3, 0.4) is 0 Å². The van der Waals surface area contributed by atoms with Gasteiger partial charge in [0, 0.05) is 19.6 Å². The van der Waals surface area contributed by atoms with Gasteiger partial charge in [-0.1, -0.05) is 12.2 Å². The summed E-state index contributed by atoms with van der Waals surface area (Å²) in [7, 11) is 0. The number of hydrogen-bond donors (Lipinski definition) is 1. The number of carbonyl (C=O) groups is 1. The summed E-state index contributed by atoms with van der Waals surface area (Å²) in [6.07, 6.45) is 6.18. The zero-order valence-corrected chi connectivity index (χ0v) is 9.19. The first-order chi connectivity index (χ1) is 7.22. The summed E-state index contributed by atoms with van der Waals surface area (Å²) in [4.78, 5) is 12.7. The maximum absolute atomic E-state index is 10.3. The lowest BCUT2D eigenvalue weighted by atomic mass is 10.1. The summed E-state index contributed by atoms with van der Waals surface area (Å²) in [5, 5.41) is 8.47. The van der Waals surface area contributed by atoms with Crippen LogP contribution >= 0.6 is 0 Å². The second kappa shape index (κ2) is 6.58. The minimum absolute atomic E-state index is 0.128. The molecule has 1 aliphatic heterocycles. The number of carboxylic acid groups (broad SMARTS) is 1. The average Bonchev–Trinajstić information content (AvgIpc) is 2.25. The van der Waals surface area contributed by atoms with Crippen LogP contribution in [-0.4, -0.2) is 48.3 Å². The normalized spacial score (nSPS) is 19.8. The smallest absolute Gasteiger partial charge is 0.329 e. The van der Waals surface area contributed by atoms with Crippen molar-refractivity contribution in [3.05, 3.63) is 12.2 Å². The summed E-state index contributed by atoms with van der Waals surface area (Å²) >= 11 is 0. The highest BCUT2D eigenvalue weighted by atomic mass is 16.5. The minimum atomic E-state index is -0.883. The summed E-state index contributed by atoms with van der Waals surface area (Å²) < 4.78 is 5.25. The summed E-state index contributed by atoms with van der Waals surface area (Å²) in [5.74, 6) is -0.883. The van der Waals surface area contributed by atoms with Crippen LogP contribution in [0.4, 0.5) is 0 Å². The van der Waals surface area contributed by atoms with Crippen molar-refractivity contribution in [2.75, 3.05) is 26.2 Å². The Morgan fingerprint density at radius 3 is 2.73 bits per heavy atom. The number of rotatable bonds is 5. The number of allylic oxidation sites excluding steroid dienone is 1. The van der Waals surface area contributed by atoms with E-state index in [1.807, 2.05) is 13.0 Å². The third-order valence-corrected chi connectivity index (χ3v) is 2.58. The quantitative estimate of drug-likeness (QED) is 0.695. The van der Waals surface area contributed by atoms with Gasteiger partial charge in [-0.2, -0.15) is 0 Å². The van der Waals surface area contributed by atoms with E-state index in [9.17, 15) is 4.79 Å². The van der Waals surface area contributed by atoms with Gasteiger partial charge in [0.15, 0.2) is 0 Å². The number of piperidine rings is 1. The maximum atomic E-state index is 10.3. The Morgan fingerprint density at radius 2 is 2.20 bits per heavy atom. The largest absolute Gasteiger partial charge is 0.480 e. The summed E-state index contributed by atoms with van der Waals surface area (Å²) in [6.45, 7) is 4.83. The van der Waals surface area contributed by atoms with E-state index < -0.39 is 5.97 Å². The molecule has 1 rings (SSSR count). The summed E-state index contributed by atoms with van der Waals surface area (Å²) in [5.41, 5.74) is 0. The fourth-order valence-electron chi connectivity index (χ4n) is 1.70. The van der Waals surface area contributed by atoms with Crippen molar-refractivity contribution in [3.63, 3.8) is 0 Å². The molecule has 1 saturated heterocycles. The molecule has 0 aliphatic carbocycles. The number of carboxylic acids is 1. The number of aliphatic carboxylic acids is 1. The van der Waals surface area contributed by atoms with Gasteiger partial charge in [-0.15, -0.1) is 0 Å². The van der Waals surface area contributed by atoms with Crippen LogP contribution in [-0.2, 0) is 9.53 Å². The molecular formula is C11H19NO3. The topological polar surface area (TPSA) is 49.8 Å². The van der Waals surface area contributed by atoms with Crippen LogP contribution in [0.5, 0.6) is 0 Å². The molecule has 0 unspecified atom stereocenters. The number of hydrogen-bond acceptors (Lipinski definition) is 3. The van der Waals surface area contributed by atoms with E-state index in [2.05, 4.69) is 11.0 Å². The lowest BCUT2D eigenvalue weighted by molar-refractivity contribution is -0.145. The van der Waals surface area contributed by atoms with E-state index in [1.54, 1.807) is 0 Å². The highest BCUT2D eigenvalue weighted by Crippen LogP contribution is 2.13. The number of ether oxygens (including phenoxy) is 1. The fourth-order valence-corrected chi connectivity index (χ4v) is 1.70. The second-order valence-corrected chi connectivity index (χ2v) is 3.77. The summed E-state index contributed by atoms with van der Waals surface area (Å²) in [6, 6.07) is 0. The van der Waals surface area contributed by atoms with E-state index in [0.717, 1.165) is 32.5 Å². The predicted octanol–water partition coefficient (Wildman–Crippen LogP) is 1.13. The standard InChI is InChI=1S/C11H19NO3/c1-2-3-6-12-7-4-10(5-8-12)15-9-11(13)14/h2-3,10H,4-9H2,1H3,(H,13,14). The predicted molar refractivity (Wildman–Crippen MR) is 57.9 cm³/mol. The number of nitrogens with zero attached hydrogens (tertiary/aromatic N) is 1. The second-order valence-electron chi connectivity index (χ2n) is 3.77. The molecule has 0 amide bonds. The highest BCUT2D eigenvalue weighted by molar-refractivity contribution is 5.68. The van der Waals surface area contributed by atoms with Gasteiger partial charge in [0.1, 0.15) is 6.61 Å². The Hall–Kier alpha value is -0.870. The van der Waals surface area contributed by atoms with E-state index in [4.69, 9.17) is 9.84 Å². The van der Waals surface area contributed by atoms with Crippen molar-refractivity contribution < 1.29 is 14.6 Å². The third-order valence-electron chi connectivity index (χ3n) is 2.58. The molecule has 0 aromatic heterocycles. The zero-order valence-electron chi connectivity index (χ0n) is 9.19. The van der Waals surface area contributed by atoms with Crippen molar-refractivity contribution in [1.82, 2.24) is 4.90 Å². The van der Waals surface area contributed by atoms with E-state index in [0.29, 0.717) is 0 Å². The lowest BCUT2D eigenvalue weighted by Gasteiger charge is -2.30. The molecule has 0 bridgehead atoms. The van der Waals surface area contributed by atoms with Gasteiger partial charge in [-0.05, 0) is 19.8 Å². The lowest BCUT2D eigenvalue weighted by Crippen LogP contribution is -2.37. The van der Waals surface area contributed by atoms with Crippen LogP contribution in [0.15, 0.2) is 12.2 Å². The first-order valence-electron chi connectivity index (χ1n) is 5.39. The Balaban J connectivity index is 2.15. The monoisotopic (exact) mass is 213 g/mol. The van der Waals surface area contributed by atoms with E-state index in [-0.39, 0.29) is 12.7 Å². The molecule has 4 heteroatoms. The molecule has 0 saturated carbocycles. The van der Waals surface area contributed by atoms with Crippen LogP contribution in [0.25, 0.3) is 0 Å². The molecule has 0 radical (unpaired) electrons. The van der Waals surface area contributed by atoms with Crippen LogP contribution in [0.1, 0.15) is 19.8 Å². The van der Waals surface area contributed by atoms with Crippen LogP contribution < -0.4 is 0 Å². The van der Waals surface area contributed by atoms with Crippen LogP contribution in [0.2, 0.25) is 0 Å². The highest BCUT2D eigenvalue weighted by Gasteiger charge is 2.19. The van der Waals surface area contributed by atoms with Gasteiger partial charge >= 0.3 is 5.97 Å². The van der Waals surface area contributed by atoms with Crippen molar-refractivity contribution in [3.8, 4) is 0 Å². The van der Waals surface area contributed by atoms with Gasteiger partial charge in [-0.25, -0.2) is 4.79 Å². The van der Waals surface area contributed by atoms with Gasteiger partial charge in [0.05, 0.1) is 6.10 Å². The van der Waals surface area contributed by atoms with Gasteiger partial charge in [0.2, 0.25) is 0 Å². The zero-order chi connectivity index (χ0) is 11.1. The van der Waals surface area contributed by atoms with Crippen molar-refractivity contribution in [2.24, 2.45) is 0 Å². The van der Waals surface area contributed by atoms with Crippen molar-refractivity contribution >= 4 is 5.97 Å². The fraction of sp³-hybridized carbons (Fsp3) is 0.727. The Labute approximate surface area is 90.5 Å². The molecule has 0 aromatic rings.